The first-order valence-corrected chi connectivity index (χ1v) is 10.5. The normalized spacial score (nSPS) is 20.5. The standard InChI is InChI=1S/C19H24N2O3S/c22-25(23,18-8-9-18)21-12-4-11-20(13-14-21)15-17-7-10-19(24-17)16-5-2-1-3-6-16/h1-3,5-7,10,18H,4,8-9,11-15H2. The van der Waals surface area contributed by atoms with E-state index in [1.54, 1.807) is 4.31 Å². The minimum atomic E-state index is -3.06. The topological polar surface area (TPSA) is 53.8 Å². The summed E-state index contributed by atoms with van der Waals surface area (Å²) in [5.41, 5.74) is 1.08. The van der Waals surface area contributed by atoms with Gasteiger partial charge in [0.05, 0.1) is 11.8 Å². The molecule has 1 aliphatic heterocycles. The van der Waals surface area contributed by atoms with E-state index in [9.17, 15) is 8.42 Å². The molecule has 2 fully saturated rings. The van der Waals surface area contributed by atoms with E-state index in [0.29, 0.717) is 13.1 Å². The maximum absolute atomic E-state index is 12.4. The second-order valence-electron chi connectivity index (χ2n) is 6.91. The first kappa shape index (κ1) is 16.8. The molecule has 6 heteroatoms. The van der Waals surface area contributed by atoms with Crippen LogP contribution in [0.2, 0.25) is 0 Å². The fourth-order valence-electron chi connectivity index (χ4n) is 3.38. The van der Waals surface area contributed by atoms with Crippen molar-refractivity contribution in [3.8, 4) is 11.3 Å². The maximum atomic E-state index is 12.4. The summed E-state index contributed by atoms with van der Waals surface area (Å²) in [5, 5.41) is -0.113. The summed E-state index contributed by atoms with van der Waals surface area (Å²) in [6.45, 7) is 3.61. The van der Waals surface area contributed by atoms with Gasteiger partial charge in [0.2, 0.25) is 10.0 Å². The molecule has 0 bridgehead atoms. The van der Waals surface area contributed by atoms with Crippen LogP contribution in [0.5, 0.6) is 0 Å². The Hall–Kier alpha value is -1.63. The predicted molar refractivity (Wildman–Crippen MR) is 97.6 cm³/mol. The van der Waals surface area contributed by atoms with Crippen molar-refractivity contribution in [1.29, 1.82) is 0 Å². The SMILES string of the molecule is O=S(=O)(C1CC1)N1CCCN(Cc2ccc(-c3ccccc3)o2)CC1. The number of rotatable bonds is 5. The lowest BCUT2D eigenvalue weighted by Crippen LogP contribution is -2.37. The Morgan fingerprint density at radius 2 is 1.76 bits per heavy atom. The van der Waals surface area contributed by atoms with Gasteiger partial charge in [0.15, 0.2) is 0 Å². The minimum Gasteiger partial charge on any atom is -0.460 e. The van der Waals surface area contributed by atoms with Crippen LogP contribution in [-0.4, -0.2) is 49.1 Å². The average Bonchev–Trinajstić information content (AvgIpc) is 3.41. The van der Waals surface area contributed by atoms with E-state index < -0.39 is 10.0 Å². The van der Waals surface area contributed by atoms with Gasteiger partial charge in [-0.1, -0.05) is 30.3 Å². The van der Waals surface area contributed by atoms with Crippen LogP contribution in [0.25, 0.3) is 11.3 Å². The van der Waals surface area contributed by atoms with Crippen LogP contribution in [0.15, 0.2) is 46.9 Å². The molecule has 0 unspecified atom stereocenters. The zero-order valence-electron chi connectivity index (χ0n) is 14.3. The molecule has 2 aliphatic rings. The van der Waals surface area contributed by atoms with Gasteiger partial charge in [-0.2, -0.15) is 0 Å². The molecular weight excluding hydrogens is 336 g/mol. The van der Waals surface area contributed by atoms with E-state index in [1.165, 1.54) is 0 Å². The van der Waals surface area contributed by atoms with Gasteiger partial charge in [-0.05, 0) is 37.9 Å². The smallest absolute Gasteiger partial charge is 0.217 e. The Kier molecular flexibility index (Phi) is 4.67. The van der Waals surface area contributed by atoms with Crippen LogP contribution in [0, 0.1) is 0 Å². The molecule has 134 valence electrons. The first-order valence-electron chi connectivity index (χ1n) is 8.98. The Labute approximate surface area is 149 Å². The van der Waals surface area contributed by atoms with Gasteiger partial charge in [0.1, 0.15) is 11.5 Å². The van der Waals surface area contributed by atoms with Gasteiger partial charge in [-0.15, -0.1) is 0 Å². The Morgan fingerprint density at radius 3 is 2.52 bits per heavy atom. The third-order valence-electron chi connectivity index (χ3n) is 4.95. The highest BCUT2D eigenvalue weighted by Gasteiger charge is 2.40. The number of furan rings is 1. The molecule has 25 heavy (non-hydrogen) atoms. The molecule has 4 rings (SSSR count). The summed E-state index contributed by atoms with van der Waals surface area (Å²) in [4.78, 5) is 2.29. The summed E-state index contributed by atoms with van der Waals surface area (Å²) in [5.74, 6) is 1.81. The van der Waals surface area contributed by atoms with Gasteiger partial charge in [-0.25, -0.2) is 12.7 Å². The molecule has 1 aliphatic carbocycles. The third kappa shape index (κ3) is 3.81. The van der Waals surface area contributed by atoms with Crippen LogP contribution in [0.1, 0.15) is 25.0 Å². The molecular formula is C19H24N2O3S. The molecule has 0 spiro atoms. The van der Waals surface area contributed by atoms with Crippen LogP contribution >= 0.6 is 0 Å². The summed E-state index contributed by atoms with van der Waals surface area (Å²) in [6, 6.07) is 14.1. The molecule has 1 aromatic heterocycles. The quantitative estimate of drug-likeness (QED) is 0.823. The van der Waals surface area contributed by atoms with Crippen molar-refractivity contribution in [3.05, 3.63) is 48.2 Å². The second-order valence-corrected chi connectivity index (χ2v) is 9.12. The number of sulfonamides is 1. The van der Waals surface area contributed by atoms with E-state index in [4.69, 9.17) is 4.42 Å². The highest BCUT2D eigenvalue weighted by atomic mass is 32.2. The lowest BCUT2D eigenvalue weighted by atomic mass is 10.2. The van der Waals surface area contributed by atoms with Crippen LogP contribution in [0.3, 0.4) is 0 Å². The maximum Gasteiger partial charge on any atom is 0.217 e. The molecule has 1 aromatic carbocycles. The van der Waals surface area contributed by atoms with E-state index in [0.717, 1.165) is 56.0 Å². The summed E-state index contributed by atoms with van der Waals surface area (Å²) >= 11 is 0. The van der Waals surface area contributed by atoms with Crippen LogP contribution in [-0.2, 0) is 16.6 Å². The predicted octanol–water partition coefficient (Wildman–Crippen LogP) is 2.95. The van der Waals surface area contributed by atoms with Crippen molar-refractivity contribution >= 4 is 10.0 Å². The molecule has 0 radical (unpaired) electrons. The van der Waals surface area contributed by atoms with Gasteiger partial charge in [-0.3, -0.25) is 4.90 Å². The van der Waals surface area contributed by atoms with Gasteiger partial charge >= 0.3 is 0 Å². The highest BCUT2D eigenvalue weighted by molar-refractivity contribution is 7.90. The van der Waals surface area contributed by atoms with Crippen molar-refractivity contribution < 1.29 is 12.8 Å². The molecule has 2 aromatic rings. The fraction of sp³-hybridized carbons (Fsp3) is 0.474. The monoisotopic (exact) mass is 360 g/mol. The highest BCUT2D eigenvalue weighted by Crippen LogP contribution is 2.31. The van der Waals surface area contributed by atoms with Gasteiger partial charge < -0.3 is 4.42 Å². The Morgan fingerprint density at radius 1 is 0.960 bits per heavy atom. The van der Waals surface area contributed by atoms with Crippen LogP contribution in [0.4, 0.5) is 0 Å². The number of hydrogen-bond donors (Lipinski definition) is 0. The summed E-state index contributed by atoms with van der Waals surface area (Å²) in [6.07, 6.45) is 2.53. The van der Waals surface area contributed by atoms with Crippen molar-refractivity contribution in [1.82, 2.24) is 9.21 Å². The summed E-state index contributed by atoms with van der Waals surface area (Å²) < 4.78 is 32.5. The fourth-order valence-corrected chi connectivity index (χ4v) is 5.25. The molecule has 1 saturated heterocycles. The zero-order valence-corrected chi connectivity index (χ0v) is 15.1. The van der Waals surface area contributed by atoms with Crippen LogP contribution < -0.4 is 0 Å². The van der Waals surface area contributed by atoms with Gasteiger partial charge in [0, 0.05) is 25.2 Å². The lowest BCUT2D eigenvalue weighted by Gasteiger charge is -2.21. The molecule has 2 heterocycles. The second kappa shape index (κ2) is 6.94. The van der Waals surface area contributed by atoms with Crippen molar-refractivity contribution in [2.75, 3.05) is 26.2 Å². The van der Waals surface area contributed by atoms with Crippen molar-refractivity contribution in [2.45, 2.75) is 31.1 Å². The van der Waals surface area contributed by atoms with E-state index in [1.807, 2.05) is 42.5 Å². The molecule has 0 N–H and O–H groups in total. The molecule has 0 amide bonds. The van der Waals surface area contributed by atoms with Gasteiger partial charge in [0.25, 0.3) is 0 Å². The third-order valence-corrected chi connectivity index (χ3v) is 7.35. The lowest BCUT2D eigenvalue weighted by molar-refractivity contribution is 0.256. The number of benzene rings is 1. The molecule has 5 nitrogen and oxygen atoms in total. The van der Waals surface area contributed by atoms with Crippen molar-refractivity contribution in [2.24, 2.45) is 0 Å². The number of nitrogens with zero attached hydrogens (tertiary/aromatic N) is 2. The number of hydrogen-bond acceptors (Lipinski definition) is 4. The minimum absolute atomic E-state index is 0.113. The Bertz CT molecular complexity index is 812. The van der Waals surface area contributed by atoms with E-state index in [-0.39, 0.29) is 5.25 Å². The Balaban J connectivity index is 1.38. The molecule has 1 saturated carbocycles. The average molecular weight is 360 g/mol. The van der Waals surface area contributed by atoms with E-state index in [2.05, 4.69) is 4.90 Å². The van der Waals surface area contributed by atoms with E-state index >= 15 is 0 Å². The zero-order chi connectivity index (χ0) is 17.3. The largest absolute Gasteiger partial charge is 0.460 e. The first-order chi connectivity index (χ1) is 12.1. The van der Waals surface area contributed by atoms with Crippen molar-refractivity contribution in [3.63, 3.8) is 0 Å². The summed E-state index contributed by atoms with van der Waals surface area (Å²) in [7, 11) is -3.06. The molecule has 0 atom stereocenters.